The molecule has 0 atom stereocenters. The first kappa shape index (κ1) is 12.4. The lowest BCUT2D eigenvalue weighted by atomic mass is 10.2. The molecule has 92 valence electrons. The molecule has 2 rings (SSSR count). The minimum absolute atomic E-state index is 0.181. The third-order valence-electron chi connectivity index (χ3n) is 2.33. The number of hydrogen-bond donors (Lipinski definition) is 0. The van der Waals surface area contributed by atoms with Gasteiger partial charge in [0, 0.05) is 6.20 Å². The average molecular weight is 260 g/mol. The Bertz CT molecular complexity index is 647. The second-order valence-electron chi connectivity index (χ2n) is 3.78. The Morgan fingerprint density at radius 2 is 1.83 bits per heavy atom. The molecule has 0 aliphatic heterocycles. The summed E-state index contributed by atoms with van der Waals surface area (Å²) in [6.45, 7) is 1.90. The maximum absolute atomic E-state index is 11.9. The number of aryl methyl sites for hydroxylation is 1. The Morgan fingerprint density at radius 1 is 1.11 bits per heavy atom. The van der Waals surface area contributed by atoms with Crippen LogP contribution in [0.3, 0.4) is 0 Å². The number of nitrogens with zero attached hydrogens (tertiary/aromatic N) is 2. The predicted octanol–water partition coefficient (Wildman–Crippen LogP) is 2.20. The van der Waals surface area contributed by atoms with Crippen LogP contribution in [0.15, 0.2) is 58.0 Å². The minimum atomic E-state index is -3.65. The van der Waals surface area contributed by atoms with Crippen molar-refractivity contribution in [2.45, 2.75) is 11.8 Å². The Kier molecular flexibility index (Phi) is 3.53. The molecule has 4 nitrogen and oxygen atoms in total. The van der Waals surface area contributed by atoms with E-state index in [2.05, 4.69) is 9.38 Å². The highest BCUT2D eigenvalue weighted by atomic mass is 32.2. The molecule has 0 amide bonds. The van der Waals surface area contributed by atoms with E-state index in [0.29, 0.717) is 5.69 Å². The lowest BCUT2D eigenvalue weighted by Crippen LogP contribution is -1.98. The zero-order valence-corrected chi connectivity index (χ0v) is 10.6. The van der Waals surface area contributed by atoms with Gasteiger partial charge in [0.25, 0.3) is 10.0 Å². The van der Waals surface area contributed by atoms with Crippen molar-refractivity contribution in [2.24, 2.45) is 4.40 Å². The average Bonchev–Trinajstić information content (AvgIpc) is 2.38. The first-order chi connectivity index (χ1) is 8.58. The maximum atomic E-state index is 11.9. The number of pyridine rings is 1. The molecule has 0 fully saturated rings. The monoisotopic (exact) mass is 260 g/mol. The molecule has 0 bridgehead atoms. The molecule has 18 heavy (non-hydrogen) atoms. The van der Waals surface area contributed by atoms with E-state index in [1.54, 1.807) is 48.7 Å². The number of sulfonamides is 1. The Balaban J connectivity index is 2.28. The van der Waals surface area contributed by atoms with Crippen LogP contribution in [0.5, 0.6) is 0 Å². The fraction of sp³-hybridized carbons (Fsp3) is 0.0769. The van der Waals surface area contributed by atoms with Crippen molar-refractivity contribution < 1.29 is 8.42 Å². The van der Waals surface area contributed by atoms with Crippen LogP contribution in [-0.2, 0) is 10.0 Å². The van der Waals surface area contributed by atoms with Gasteiger partial charge in [-0.05, 0) is 31.2 Å². The molecule has 1 aromatic heterocycles. The van der Waals surface area contributed by atoms with Crippen molar-refractivity contribution in [3.63, 3.8) is 0 Å². The first-order valence-corrected chi connectivity index (χ1v) is 6.80. The van der Waals surface area contributed by atoms with Crippen molar-refractivity contribution in [2.75, 3.05) is 0 Å². The van der Waals surface area contributed by atoms with Crippen LogP contribution in [0, 0.1) is 6.92 Å². The summed E-state index contributed by atoms with van der Waals surface area (Å²) in [7, 11) is -3.65. The summed E-state index contributed by atoms with van der Waals surface area (Å²) < 4.78 is 27.4. The Labute approximate surface area is 106 Å². The highest BCUT2D eigenvalue weighted by Gasteiger charge is 2.10. The van der Waals surface area contributed by atoms with E-state index in [0.717, 1.165) is 5.56 Å². The van der Waals surface area contributed by atoms with E-state index < -0.39 is 10.0 Å². The largest absolute Gasteiger partial charge is 0.282 e. The van der Waals surface area contributed by atoms with Crippen LogP contribution in [0.25, 0.3) is 0 Å². The van der Waals surface area contributed by atoms with Crippen LogP contribution in [0.4, 0.5) is 0 Å². The van der Waals surface area contributed by atoms with Crippen LogP contribution in [-0.4, -0.2) is 19.6 Å². The van der Waals surface area contributed by atoms with Crippen molar-refractivity contribution in [1.82, 2.24) is 4.98 Å². The molecule has 0 spiro atoms. The number of rotatable bonds is 3. The highest BCUT2D eigenvalue weighted by molar-refractivity contribution is 7.90. The molecular formula is C13H12N2O2S. The molecule has 0 unspecified atom stereocenters. The van der Waals surface area contributed by atoms with Gasteiger partial charge in [-0.1, -0.05) is 23.8 Å². The number of benzene rings is 1. The second-order valence-corrected chi connectivity index (χ2v) is 5.41. The highest BCUT2D eigenvalue weighted by Crippen LogP contribution is 2.12. The molecule has 0 aliphatic carbocycles. The Morgan fingerprint density at radius 3 is 2.44 bits per heavy atom. The van der Waals surface area contributed by atoms with E-state index in [1.807, 2.05) is 6.92 Å². The fourth-order valence-electron chi connectivity index (χ4n) is 1.35. The van der Waals surface area contributed by atoms with E-state index >= 15 is 0 Å². The summed E-state index contributed by atoms with van der Waals surface area (Å²) >= 11 is 0. The summed E-state index contributed by atoms with van der Waals surface area (Å²) in [5.41, 5.74) is 1.51. The first-order valence-electron chi connectivity index (χ1n) is 5.36. The maximum Gasteiger partial charge on any atom is 0.282 e. The van der Waals surface area contributed by atoms with Crippen LogP contribution < -0.4 is 0 Å². The summed E-state index contributed by atoms with van der Waals surface area (Å²) in [5.74, 6) is 0. The molecular weight excluding hydrogens is 248 g/mol. The summed E-state index contributed by atoms with van der Waals surface area (Å²) in [6, 6.07) is 11.8. The van der Waals surface area contributed by atoms with E-state index in [-0.39, 0.29) is 4.90 Å². The van der Waals surface area contributed by atoms with Gasteiger partial charge < -0.3 is 0 Å². The molecule has 5 heteroatoms. The Hall–Kier alpha value is -2.01. The van der Waals surface area contributed by atoms with Crippen molar-refractivity contribution in [3.8, 4) is 0 Å². The topological polar surface area (TPSA) is 59.4 Å². The van der Waals surface area contributed by atoms with Gasteiger partial charge in [-0.3, -0.25) is 4.98 Å². The van der Waals surface area contributed by atoms with E-state index in [1.165, 1.54) is 6.21 Å². The fourth-order valence-corrected chi connectivity index (χ4v) is 2.20. The van der Waals surface area contributed by atoms with Gasteiger partial charge in [-0.2, -0.15) is 12.8 Å². The summed E-state index contributed by atoms with van der Waals surface area (Å²) in [6.07, 6.45) is 2.83. The van der Waals surface area contributed by atoms with E-state index in [4.69, 9.17) is 0 Å². The van der Waals surface area contributed by atoms with Gasteiger partial charge in [-0.25, -0.2) is 0 Å². The molecule has 1 aromatic carbocycles. The van der Waals surface area contributed by atoms with Crippen molar-refractivity contribution in [1.29, 1.82) is 0 Å². The van der Waals surface area contributed by atoms with Gasteiger partial charge in [-0.15, -0.1) is 0 Å². The minimum Gasteiger partial charge on any atom is -0.255 e. The zero-order chi connectivity index (χ0) is 13.0. The van der Waals surface area contributed by atoms with Gasteiger partial charge in [0.05, 0.1) is 16.8 Å². The number of aromatic nitrogens is 1. The second kappa shape index (κ2) is 5.10. The third kappa shape index (κ3) is 3.01. The van der Waals surface area contributed by atoms with Crippen LogP contribution in [0.1, 0.15) is 11.3 Å². The van der Waals surface area contributed by atoms with Gasteiger partial charge in [0.2, 0.25) is 0 Å². The zero-order valence-electron chi connectivity index (χ0n) is 9.82. The molecule has 0 N–H and O–H groups in total. The lowest BCUT2D eigenvalue weighted by Gasteiger charge is -1.98. The van der Waals surface area contributed by atoms with Crippen LogP contribution >= 0.6 is 0 Å². The third-order valence-corrected chi connectivity index (χ3v) is 3.58. The SMILES string of the molecule is Cc1ccc(S(=O)(=O)N=Cc2ccccn2)cc1. The summed E-state index contributed by atoms with van der Waals surface area (Å²) in [4.78, 5) is 4.16. The van der Waals surface area contributed by atoms with Gasteiger partial charge >= 0.3 is 0 Å². The van der Waals surface area contributed by atoms with E-state index in [9.17, 15) is 8.42 Å². The number of hydrogen-bond acceptors (Lipinski definition) is 3. The predicted molar refractivity (Wildman–Crippen MR) is 70.2 cm³/mol. The molecule has 1 heterocycles. The quantitative estimate of drug-likeness (QED) is 0.795. The van der Waals surface area contributed by atoms with Gasteiger partial charge in [0.1, 0.15) is 0 Å². The van der Waals surface area contributed by atoms with Crippen molar-refractivity contribution in [3.05, 3.63) is 59.9 Å². The molecule has 0 radical (unpaired) electrons. The van der Waals surface area contributed by atoms with Crippen LogP contribution in [0.2, 0.25) is 0 Å². The van der Waals surface area contributed by atoms with Gasteiger partial charge in [0.15, 0.2) is 0 Å². The van der Waals surface area contributed by atoms with Crippen molar-refractivity contribution >= 4 is 16.2 Å². The standard InChI is InChI=1S/C13H12N2O2S/c1-11-5-7-13(8-6-11)18(16,17)15-10-12-4-2-3-9-14-12/h2-10H,1H3. The smallest absolute Gasteiger partial charge is 0.255 e. The molecule has 0 saturated carbocycles. The molecule has 0 saturated heterocycles. The molecule has 0 aliphatic rings. The normalized spacial score (nSPS) is 11.8. The lowest BCUT2D eigenvalue weighted by molar-refractivity contribution is 0.598. The summed E-state index contributed by atoms with van der Waals surface area (Å²) in [5, 5.41) is 0. The molecule has 2 aromatic rings.